The first-order chi connectivity index (χ1) is 4.84. The Bertz CT molecular complexity index is 274. The summed E-state index contributed by atoms with van der Waals surface area (Å²) in [4.78, 5) is 2.48. The molecule has 1 aromatic heterocycles. The minimum Gasteiger partial charge on any atom is -0.396 e. The smallest absolute Gasteiger partial charge is 0.175 e. The van der Waals surface area contributed by atoms with E-state index >= 15 is 0 Å². The van der Waals surface area contributed by atoms with Crippen molar-refractivity contribution in [2.75, 3.05) is 5.73 Å². The first-order valence-corrected chi connectivity index (χ1v) is 2.33. The lowest BCUT2D eigenvalue weighted by Crippen LogP contribution is -1.92. The Balaban J connectivity index is 3.14. The van der Waals surface area contributed by atoms with Gasteiger partial charge in [0, 0.05) is 4.91 Å². The van der Waals surface area contributed by atoms with Crippen LogP contribution in [-0.4, -0.2) is 15.4 Å². The summed E-state index contributed by atoms with van der Waals surface area (Å²) in [6.07, 6.45) is 1.26. The quantitative estimate of drug-likeness (QED) is 0.342. The van der Waals surface area contributed by atoms with Crippen molar-refractivity contribution in [2.24, 2.45) is 5.11 Å². The van der Waals surface area contributed by atoms with Crippen LogP contribution in [0.25, 0.3) is 10.4 Å². The number of rotatable bonds is 1. The fourth-order valence-corrected chi connectivity index (χ4v) is 0.392. The van der Waals surface area contributed by atoms with Crippen molar-refractivity contribution in [3.63, 3.8) is 0 Å². The van der Waals surface area contributed by atoms with Crippen LogP contribution in [0.4, 0.5) is 11.5 Å². The van der Waals surface area contributed by atoms with E-state index in [9.17, 15) is 0 Å². The van der Waals surface area contributed by atoms with Crippen LogP contribution in [0.15, 0.2) is 11.3 Å². The van der Waals surface area contributed by atoms with Gasteiger partial charge in [0.05, 0.1) is 11.9 Å². The van der Waals surface area contributed by atoms with Gasteiger partial charge in [-0.15, -0.1) is 10.2 Å². The van der Waals surface area contributed by atoms with Gasteiger partial charge in [0.1, 0.15) is 0 Å². The molecule has 1 aromatic rings. The van der Waals surface area contributed by atoms with Gasteiger partial charge in [-0.25, -0.2) is 0 Å². The molecule has 10 heavy (non-hydrogen) atoms. The highest BCUT2D eigenvalue weighted by Crippen LogP contribution is 2.13. The molecule has 0 atom stereocenters. The van der Waals surface area contributed by atoms with Crippen molar-refractivity contribution < 1.29 is 0 Å². The second-order valence-electron chi connectivity index (χ2n) is 1.40. The van der Waals surface area contributed by atoms with E-state index in [-0.39, 0.29) is 11.5 Å². The van der Waals surface area contributed by atoms with E-state index < -0.39 is 0 Å². The molecule has 7 heteroatoms. The van der Waals surface area contributed by atoms with Crippen LogP contribution in [-0.2, 0) is 0 Å². The summed E-state index contributed by atoms with van der Waals surface area (Å²) < 4.78 is 0. The second kappa shape index (κ2) is 2.60. The molecule has 0 radical (unpaired) electrons. The van der Waals surface area contributed by atoms with Gasteiger partial charge in [0.25, 0.3) is 0 Å². The van der Waals surface area contributed by atoms with Crippen molar-refractivity contribution in [1.29, 1.82) is 0 Å². The number of hydrogen-bond acceptors (Lipinski definition) is 5. The highest BCUT2D eigenvalue weighted by Gasteiger charge is 1.94. The Morgan fingerprint density at radius 1 is 1.70 bits per heavy atom. The highest BCUT2D eigenvalue weighted by atomic mass is 15.3. The second-order valence-corrected chi connectivity index (χ2v) is 1.40. The average Bonchev–Trinajstić information content (AvgIpc) is 1.94. The number of nitrogens with two attached hydrogens (primary N) is 1. The zero-order chi connectivity index (χ0) is 7.40. The Kier molecular flexibility index (Phi) is 1.63. The molecule has 0 saturated heterocycles. The molecule has 7 nitrogen and oxygen atoms in total. The predicted octanol–water partition coefficient (Wildman–Crippen LogP) is 0.396. The van der Waals surface area contributed by atoms with E-state index in [4.69, 9.17) is 11.3 Å². The van der Waals surface area contributed by atoms with Gasteiger partial charge in [-0.05, 0) is 15.9 Å². The third kappa shape index (κ3) is 1.09. The largest absolute Gasteiger partial charge is 0.396 e. The van der Waals surface area contributed by atoms with Crippen molar-refractivity contribution in [2.45, 2.75) is 0 Å². The van der Waals surface area contributed by atoms with Gasteiger partial charge >= 0.3 is 0 Å². The molecule has 0 saturated carbocycles. The minimum atomic E-state index is 0.0532. The van der Waals surface area contributed by atoms with Crippen molar-refractivity contribution in [3.05, 3.63) is 16.6 Å². The molecule has 0 aliphatic heterocycles. The average molecular weight is 137 g/mol. The molecule has 0 amide bonds. The maximum Gasteiger partial charge on any atom is 0.175 e. The SMILES string of the molecule is [N-]=[N+]=Nc1nnncc1N. The van der Waals surface area contributed by atoms with Crippen LogP contribution in [0.3, 0.4) is 0 Å². The summed E-state index contributed by atoms with van der Waals surface area (Å²) >= 11 is 0. The van der Waals surface area contributed by atoms with Gasteiger partial charge in [-0.2, -0.15) is 0 Å². The monoisotopic (exact) mass is 137 g/mol. The summed E-state index contributed by atoms with van der Waals surface area (Å²) in [5, 5.41) is 13.1. The lowest BCUT2D eigenvalue weighted by atomic mass is 10.5. The number of hydrogen-bond donors (Lipinski definition) is 1. The normalized spacial score (nSPS) is 8.40. The molecule has 0 bridgehead atoms. The van der Waals surface area contributed by atoms with Crippen molar-refractivity contribution in [3.8, 4) is 0 Å². The zero-order valence-corrected chi connectivity index (χ0v) is 4.84. The summed E-state index contributed by atoms with van der Waals surface area (Å²) in [7, 11) is 0. The molecule has 0 aromatic carbocycles. The standard InChI is InChI=1S/C3H3N7/c4-2-1-6-10-8-3(2)7-9-5/h1H,(H2,4,10). The predicted molar refractivity (Wildman–Crippen MR) is 33.0 cm³/mol. The Hall–Kier alpha value is -1.88. The van der Waals surface area contributed by atoms with E-state index in [1.807, 2.05) is 0 Å². The molecule has 0 aliphatic carbocycles. The van der Waals surface area contributed by atoms with Crippen molar-refractivity contribution >= 4 is 11.5 Å². The third-order valence-electron chi connectivity index (χ3n) is 0.786. The summed E-state index contributed by atoms with van der Waals surface area (Å²) in [6.45, 7) is 0. The maximum atomic E-state index is 7.96. The van der Waals surface area contributed by atoms with Crippen LogP contribution >= 0.6 is 0 Å². The molecule has 0 fully saturated rings. The van der Waals surface area contributed by atoms with E-state index in [2.05, 4.69) is 25.4 Å². The molecule has 0 spiro atoms. The summed E-state index contributed by atoms with van der Waals surface area (Å²) in [5.74, 6) is 0.0532. The number of anilines is 1. The molecule has 1 rings (SSSR count). The fraction of sp³-hybridized carbons (Fsp3) is 0. The van der Waals surface area contributed by atoms with Gasteiger partial charge in [0.2, 0.25) is 0 Å². The topological polar surface area (TPSA) is 113 Å². The molecule has 0 aliphatic rings. The minimum absolute atomic E-state index is 0.0532. The first-order valence-electron chi connectivity index (χ1n) is 2.33. The van der Waals surface area contributed by atoms with Crippen LogP contribution in [0.5, 0.6) is 0 Å². The van der Waals surface area contributed by atoms with Gasteiger partial charge < -0.3 is 5.73 Å². The van der Waals surface area contributed by atoms with E-state index in [1.165, 1.54) is 6.20 Å². The maximum absolute atomic E-state index is 7.96. The van der Waals surface area contributed by atoms with Crippen LogP contribution in [0.1, 0.15) is 0 Å². The zero-order valence-electron chi connectivity index (χ0n) is 4.84. The number of aromatic nitrogens is 3. The third-order valence-corrected chi connectivity index (χ3v) is 0.786. The first kappa shape index (κ1) is 6.24. The van der Waals surface area contributed by atoms with E-state index in [1.54, 1.807) is 0 Å². The molecule has 1 heterocycles. The number of nitrogens with zero attached hydrogens (tertiary/aromatic N) is 6. The van der Waals surface area contributed by atoms with Crippen molar-refractivity contribution in [1.82, 2.24) is 15.4 Å². The van der Waals surface area contributed by atoms with Gasteiger partial charge in [-0.3, -0.25) is 0 Å². The lowest BCUT2D eigenvalue weighted by molar-refractivity contribution is 0.867. The molecule has 50 valence electrons. The van der Waals surface area contributed by atoms with E-state index in [0.29, 0.717) is 0 Å². The number of azide groups is 1. The number of nitrogen functional groups attached to an aromatic ring is 1. The van der Waals surface area contributed by atoms with Crippen LogP contribution < -0.4 is 5.73 Å². The lowest BCUT2D eigenvalue weighted by Gasteiger charge is -1.90. The highest BCUT2D eigenvalue weighted by molar-refractivity contribution is 5.53. The Labute approximate surface area is 55.5 Å². The molecular formula is C3H3N7. The Morgan fingerprint density at radius 3 is 3.10 bits per heavy atom. The molecular weight excluding hydrogens is 134 g/mol. The molecule has 2 N–H and O–H groups in total. The molecule has 0 unspecified atom stereocenters. The summed E-state index contributed by atoms with van der Waals surface area (Å²) in [6, 6.07) is 0. The Morgan fingerprint density at radius 2 is 2.50 bits per heavy atom. The van der Waals surface area contributed by atoms with E-state index in [0.717, 1.165) is 0 Å². The van der Waals surface area contributed by atoms with Crippen LogP contribution in [0, 0.1) is 0 Å². The summed E-state index contributed by atoms with van der Waals surface area (Å²) in [5.41, 5.74) is 13.5. The van der Waals surface area contributed by atoms with Crippen LogP contribution in [0.2, 0.25) is 0 Å². The van der Waals surface area contributed by atoms with Gasteiger partial charge in [0.15, 0.2) is 5.82 Å². The fourth-order valence-electron chi connectivity index (χ4n) is 0.392. The van der Waals surface area contributed by atoms with Gasteiger partial charge in [-0.1, -0.05) is 0 Å².